The van der Waals surface area contributed by atoms with Crippen molar-refractivity contribution in [3.63, 3.8) is 0 Å². The lowest BCUT2D eigenvalue weighted by molar-refractivity contribution is 0.0714. The second-order valence-corrected chi connectivity index (χ2v) is 8.67. The summed E-state index contributed by atoms with van der Waals surface area (Å²) in [4.78, 5) is 14.3. The third kappa shape index (κ3) is 4.91. The van der Waals surface area contributed by atoms with Gasteiger partial charge in [0.25, 0.3) is 5.91 Å². The molecule has 2 heterocycles. The molecular formula is C19H22N4O3S. The number of amides is 1. The molecule has 8 heteroatoms. The number of carbonyl (C=O) groups is 1. The first kappa shape index (κ1) is 19.0. The van der Waals surface area contributed by atoms with Crippen molar-refractivity contribution in [2.24, 2.45) is 0 Å². The molecule has 27 heavy (non-hydrogen) atoms. The fraction of sp³-hybridized carbons (Fsp3) is 0.316. The zero-order valence-electron chi connectivity index (χ0n) is 14.9. The summed E-state index contributed by atoms with van der Waals surface area (Å²) in [5.41, 5.74) is 1.28. The van der Waals surface area contributed by atoms with Crippen LogP contribution in [0.5, 0.6) is 0 Å². The van der Waals surface area contributed by atoms with Crippen LogP contribution in [0.3, 0.4) is 0 Å². The van der Waals surface area contributed by atoms with Crippen LogP contribution in [-0.4, -0.2) is 58.3 Å². The average molecular weight is 386 g/mol. The summed E-state index contributed by atoms with van der Waals surface area (Å²) in [5.74, 6) is -0.230. The van der Waals surface area contributed by atoms with Gasteiger partial charge < -0.3 is 4.90 Å². The molecule has 3 rings (SSSR count). The SMILES string of the molecule is C=CCN(C(=O)c1cn(C/C=C/c2ccccc2)nn1)[C@@H]1CCS(=O)(=O)C1. The Bertz CT molecular complexity index is 935. The molecule has 1 fully saturated rings. The first-order valence-corrected chi connectivity index (χ1v) is 10.5. The summed E-state index contributed by atoms with van der Waals surface area (Å²) in [6.45, 7) is 4.42. The molecule has 1 aromatic carbocycles. The van der Waals surface area contributed by atoms with Crippen molar-refractivity contribution in [3.05, 3.63) is 66.5 Å². The Balaban J connectivity index is 1.67. The standard InChI is InChI=1S/C19H22N4O3S/c1-2-11-23(17-10-13-27(25,26)15-17)19(24)18-14-22(21-20-18)12-6-9-16-7-4-3-5-8-16/h2-9,14,17H,1,10-13,15H2/b9-6+/t17-/m1/s1. The Morgan fingerprint density at radius 1 is 1.33 bits per heavy atom. The third-order valence-corrected chi connectivity index (χ3v) is 6.15. The summed E-state index contributed by atoms with van der Waals surface area (Å²) in [5, 5.41) is 7.95. The number of sulfone groups is 1. The second-order valence-electron chi connectivity index (χ2n) is 6.44. The number of allylic oxidation sites excluding steroid dienone is 1. The van der Waals surface area contributed by atoms with Crippen LogP contribution in [0.25, 0.3) is 6.08 Å². The smallest absolute Gasteiger partial charge is 0.276 e. The minimum Gasteiger partial charge on any atom is -0.329 e. The minimum absolute atomic E-state index is 0.0134. The van der Waals surface area contributed by atoms with Crippen molar-refractivity contribution in [2.45, 2.75) is 19.0 Å². The number of rotatable bonds is 7. The zero-order chi connectivity index (χ0) is 19.3. The third-order valence-electron chi connectivity index (χ3n) is 4.40. The molecule has 0 unspecified atom stereocenters. The molecule has 142 valence electrons. The molecule has 0 N–H and O–H groups in total. The molecule has 1 atom stereocenters. The van der Waals surface area contributed by atoms with Crippen LogP contribution in [0, 0.1) is 0 Å². The topological polar surface area (TPSA) is 85.2 Å². The van der Waals surface area contributed by atoms with Gasteiger partial charge in [0.1, 0.15) is 0 Å². The van der Waals surface area contributed by atoms with E-state index in [1.54, 1.807) is 17.0 Å². The van der Waals surface area contributed by atoms with Gasteiger partial charge in [-0.25, -0.2) is 13.1 Å². The molecular weight excluding hydrogens is 364 g/mol. The number of hydrogen-bond donors (Lipinski definition) is 0. The van der Waals surface area contributed by atoms with E-state index in [4.69, 9.17) is 0 Å². The predicted molar refractivity (Wildman–Crippen MR) is 104 cm³/mol. The molecule has 0 saturated carbocycles. The van der Waals surface area contributed by atoms with Gasteiger partial charge in [0.2, 0.25) is 0 Å². The molecule has 1 aliphatic rings. The molecule has 2 aromatic rings. The fourth-order valence-corrected chi connectivity index (χ4v) is 4.78. The summed E-state index contributed by atoms with van der Waals surface area (Å²) < 4.78 is 25.1. The molecule has 0 spiro atoms. The first-order chi connectivity index (χ1) is 13.0. The van der Waals surface area contributed by atoms with Gasteiger partial charge in [0.15, 0.2) is 15.5 Å². The second kappa shape index (κ2) is 8.30. The molecule has 1 aliphatic heterocycles. The van der Waals surface area contributed by atoms with Crippen LogP contribution in [0.2, 0.25) is 0 Å². The van der Waals surface area contributed by atoms with Gasteiger partial charge in [0.05, 0.1) is 24.2 Å². The lowest BCUT2D eigenvalue weighted by Crippen LogP contribution is -2.41. The van der Waals surface area contributed by atoms with Gasteiger partial charge in [-0.3, -0.25) is 4.79 Å². The van der Waals surface area contributed by atoms with Crippen LogP contribution >= 0.6 is 0 Å². The van der Waals surface area contributed by atoms with Gasteiger partial charge in [-0.05, 0) is 12.0 Å². The highest BCUT2D eigenvalue weighted by Crippen LogP contribution is 2.19. The van der Waals surface area contributed by atoms with Crippen molar-refractivity contribution in [3.8, 4) is 0 Å². The van der Waals surface area contributed by atoms with Crippen molar-refractivity contribution in [1.29, 1.82) is 0 Å². The van der Waals surface area contributed by atoms with E-state index in [0.717, 1.165) is 5.56 Å². The molecule has 0 aliphatic carbocycles. The van der Waals surface area contributed by atoms with Crippen molar-refractivity contribution >= 4 is 21.8 Å². The van der Waals surface area contributed by atoms with Crippen LogP contribution in [0.1, 0.15) is 22.5 Å². The zero-order valence-corrected chi connectivity index (χ0v) is 15.8. The highest BCUT2D eigenvalue weighted by molar-refractivity contribution is 7.91. The Kier molecular flexibility index (Phi) is 5.85. The number of carbonyl (C=O) groups excluding carboxylic acids is 1. The van der Waals surface area contributed by atoms with E-state index in [-0.39, 0.29) is 35.7 Å². The van der Waals surface area contributed by atoms with Gasteiger partial charge >= 0.3 is 0 Å². The van der Waals surface area contributed by atoms with E-state index in [9.17, 15) is 13.2 Å². The lowest BCUT2D eigenvalue weighted by atomic mass is 10.2. The van der Waals surface area contributed by atoms with E-state index in [2.05, 4.69) is 16.9 Å². The minimum atomic E-state index is -3.09. The van der Waals surface area contributed by atoms with Crippen LogP contribution in [0.15, 0.2) is 55.3 Å². The molecule has 1 amide bonds. The summed E-state index contributed by atoms with van der Waals surface area (Å²) in [7, 11) is -3.09. The summed E-state index contributed by atoms with van der Waals surface area (Å²) >= 11 is 0. The van der Waals surface area contributed by atoms with Crippen molar-refractivity contribution in [2.75, 3.05) is 18.1 Å². The van der Waals surface area contributed by atoms with E-state index in [1.165, 1.54) is 4.90 Å². The largest absolute Gasteiger partial charge is 0.329 e. The maximum absolute atomic E-state index is 12.8. The number of aromatic nitrogens is 3. The lowest BCUT2D eigenvalue weighted by Gasteiger charge is -2.25. The average Bonchev–Trinajstić information content (AvgIpc) is 3.26. The van der Waals surface area contributed by atoms with Crippen LogP contribution in [0.4, 0.5) is 0 Å². The van der Waals surface area contributed by atoms with Gasteiger partial charge in [0, 0.05) is 12.6 Å². The maximum atomic E-state index is 12.8. The Labute approximate surface area is 158 Å². The molecule has 0 bridgehead atoms. The van der Waals surface area contributed by atoms with Gasteiger partial charge in [-0.15, -0.1) is 11.7 Å². The normalized spacial score (nSPS) is 18.6. The Morgan fingerprint density at radius 2 is 2.11 bits per heavy atom. The Morgan fingerprint density at radius 3 is 2.78 bits per heavy atom. The summed E-state index contributed by atoms with van der Waals surface area (Å²) in [6.07, 6.45) is 7.52. The highest BCUT2D eigenvalue weighted by atomic mass is 32.2. The molecule has 0 radical (unpaired) electrons. The van der Waals surface area contributed by atoms with E-state index < -0.39 is 9.84 Å². The quantitative estimate of drug-likeness (QED) is 0.678. The molecule has 1 saturated heterocycles. The monoisotopic (exact) mass is 386 g/mol. The first-order valence-electron chi connectivity index (χ1n) is 8.72. The van der Waals surface area contributed by atoms with Gasteiger partial charge in [-0.1, -0.05) is 53.8 Å². The van der Waals surface area contributed by atoms with E-state index >= 15 is 0 Å². The predicted octanol–water partition coefficient (Wildman–Crippen LogP) is 1.81. The summed E-state index contributed by atoms with van der Waals surface area (Å²) in [6, 6.07) is 9.53. The molecule has 1 aromatic heterocycles. The van der Waals surface area contributed by atoms with E-state index in [0.29, 0.717) is 13.0 Å². The van der Waals surface area contributed by atoms with Gasteiger partial charge in [-0.2, -0.15) is 0 Å². The van der Waals surface area contributed by atoms with Crippen LogP contribution < -0.4 is 0 Å². The fourth-order valence-electron chi connectivity index (χ4n) is 3.05. The number of hydrogen-bond acceptors (Lipinski definition) is 5. The number of nitrogens with zero attached hydrogens (tertiary/aromatic N) is 4. The highest BCUT2D eigenvalue weighted by Gasteiger charge is 2.35. The number of benzene rings is 1. The molecule has 7 nitrogen and oxygen atoms in total. The maximum Gasteiger partial charge on any atom is 0.276 e. The van der Waals surface area contributed by atoms with Crippen molar-refractivity contribution < 1.29 is 13.2 Å². The van der Waals surface area contributed by atoms with Crippen LogP contribution in [-0.2, 0) is 16.4 Å². The Hall–Kier alpha value is -2.74. The van der Waals surface area contributed by atoms with E-state index in [1.807, 2.05) is 42.5 Å². The van der Waals surface area contributed by atoms with Crippen molar-refractivity contribution in [1.82, 2.24) is 19.9 Å².